The van der Waals surface area contributed by atoms with E-state index in [9.17, 15) is 9.18 Å². The lowest BCUT2D eigenvalue weighted by molar-refractivity contribution is 0.102. The second-order valence-corrected chi connectivity index (χ2v) is 8.10. The van der Waals surface area contributed by atoms with Crippen LogP contribution in [0.5, 0.6) is 0 Å². The zero-order valence-electron chi connectivity index (χ0n) is 14.5. The van der Waals surface area contributed by atoms with Gasteiger partial charge in [-0.25, -0.2) is 4.39 Å². The number of halogens is 2. The van der Waals surface area contributed by atoms with Crippen LogP contribution in [-0.2, 0) is 6.42 Å². The van der Waals surface area contributed by atoms with Gasteiger partial charge in [-0.2, -0.15) is 0 Å². The Morgan fingerprint density at radius 1 is 1.19 bits per heavy atom. The maximum Gasteiger partial charge on any atom is 0.255 e. The Labute approximate surface area is 166 Å². The van der Waals surface area contributed by atoms with Crippen LogP contribution in [0.4, 0.5) is 15.8 Å². The van der Waals surface area contributed by atoms with E-state index in [0.717, 1.165) is 36.0 Å². The van der Waals surface area contributed by atoms with Crippen LogP contribution < -0.4 is 10.2 Å². The van der Waals surface area contributed by atoms with E-state index in [1.54, 1.807) is 11.8 Å². The highest BCUT2D eigenvalue weighted by Gasteiger charge is 2.21. The molecule has 0 radical (unpaired) electrons. The van der Waals surface area contributed by atoms with Crippen molar-refractivity contribution in [3.8, 4) is 0 Å². The Morgan fingerprint density at radius 2 is 2.00 bits per heavy atom. The molecule has 0 aromatic heterocycles. The van der Waals surface area contributed by atoms with Gasteiger partial charge >= 0.3 is 0 Å². The number of hydrogen-bond acceptors (Lipinski definition) is 3. The second kappa shape index (κ2) is 7.79. The molecule has 3 nitrogen and oxygen atoms in total. The highest BCUT2D eigenvalue weighted by atomic mass is 35.5. The number of nitrogens with zero attached hydrogens (tertiary/aromatic N) is 1. The summed E-state index contributed by atoms with van der Waals surface area (Å²) in [6.45, 7) is 1.83. The summed E-state index contributed by atoms with van der Waals surface area (Å²) >= 11 is 7.80. The lowest BCUT2D eigenvalue weighted by Gasteiger charge is -2.22. The quantitative estimate of drug-likeness (QED) is 0.766. The van der Waals surface area contributed by atoms with E-state index in [2.05, 4.69) is 22.4 Å². The van der Waals surface area contributed by atoms with Crippen LogP contribution in [0.1, 0.15) is 15.9 Å². The van der Waals surface area contributed by atoms with Gasteiger partial charge in [-0.05, 0) is 66.6 Å². The number of thioether (sulfide) groups is 1. The van der Waals surface area contributed by atoms with Gasteiger partial charge in [0.1, 0.15) is 5.82 Å². The van der Waals surface area contributed by atoms with Crippen molar-refractivity contribution in [2.24, 2.45) is 0 Å². The first-order valence-corrected chi connectivity index (χ1v) is 10.1. The molecule has 2 aromatic carbocycles. The summed E-state index contributed by atoms with van der Waals surface area (Å²) < 4.78 is 13.0. The minimum atomic E-state index is -0.354. The number of nitrogens with one attached hydrogen (secondary N) is 1. The van der Waals surface area contributed by atoms with Crippen LogP contribution in [0.3, 0.4) is 0 Å². The maximum absolute atomic E-state index is 13.0. The number of allylic oxidation sites excluding steroid dienone is 2. The lowest BCUT2D eigenvalue weighted by atomic mass is 10.1. The average Bonchev–Trinajstić information content (AvgIpc) is 3.06. The number of rotatable bonds is 4. The minimum Gasteiger partial charge on any atom is -0.366 e. The number of anilines is 2. The fourth-order valence-electron chi connectivity index (χ4n) is 3.24. The van der Waals surface area contributed by atoms with Crippen LogP contribution >= 0.6 is 23.4 Å². The van der Waals surface area contributed by atoms with E-state index in [-0.39, 0.29) is 11.7 Å². The molecule has 1 amide bonds. The smallest absolute Gasteiger partial charge is 0.255 e. The van der Waals surface area contributed by atoms with E-state index in [4.69, 9.17) is 11.6 Å². The lowest BCUT2D eigenvalue weighted by Crippen LogP contribution is -2.22. The Morgan fingerprint density at radius 3 is 2.74 bits per heavy atom. The predicted octanol–water partition coefficient (Wildman–Crippen LogP) is 5.19. The number of benzene rings is 2. The highest BCUT2D eigenvalue weighted by molar-refractivity contribution is 8.03. The first-order chi connectivity index (χ1) is 13.1. The molecule has 6 heteroatoms. The Bertz CT molecular complexity index is 940. The number of carbonyl (C=O) groups excluding carboxylic acids is 1. The van der Waals surface area contributed by atoms with Crippen LogP contribution in [0, 0.1) is 5.82 Å². The van der Waals surface area contributed by atoms with Gasteiger partial charge in [0.15, 0.2) is 0 Å². The maximum atomic E-state index is 13.0. The van der Waals surface area contributed by atoms with Gasteiger partial charge in [-0.1, -0.05) is 11.6 Å². The fraction of sp³-hybridized carbons (Fsp3) is 0.190. The number of hydrogen-bond donors (Lipinski definition) is 1. The largest absolute Gasteiger partial charge is 0.366 e. The summed E-state index contributed by atoms with van der Waals surface area (Å²) in [6.07, 6.45) is 5.01. The molecule has 2 aliphatic heterocycles. The van der Waals surface area contributed by atoms with Gasteiger partial charge in [-0.15, -0.1) is 11.8 Å². The number of carbonyl (C=O) groups is 1. The van der Waals surface area contributed by atoms with E-state index < -0.39 is 0 Å². The van der Waals surface area contributed by atoms with Crippen molar-refractivity contribution in [2.45, 2.75) is 6.42 Å². The molecular formula is C21H18ClFN2OS. The minimum absolute atomic E-state index is 0.239. The monoisotopic (exact) mass is 400 g/mol. The highest BCUT2D eigenvalue weighted by Crippen LogP contribution is 2.34. The standard InChI is InChI=1S/C21H18ClFN2OS/c22-16-3-7-19(27-13-16)12-25-10-9-15-11-18(6-8-20(15)25)24-21(26)14-1-4-17(23)5-2-14/h1-8,11H,9-10,12-13H2,(H,24,26). The van der Waals surface area contributed by atoms with Gasteiger partial charge in [0.25, 0.3) is 5.91 Å². The molecule has 2 aromatic rings. The van der Waals surface area contributed by atoms with Crippen molar-refractivity contribution >= 4 is 40.6 Å². The zero-order valence-corrected chi connectivity index (χ0v) is 16.1. The molecule has 0 fully saturated rings. The molecule has 0 saturated carbocycles. The van der Waals surface area contributed by atoms with Crippen molar-refractivity contribution in [3.63, 3.8) is 0 Å². The first kappa shape index (κ1) is 18.1. The molecule has 0 spiro atoms. The van der Waals surface area contributed by atoms with E-state index in [1.165, 1.54) is 40.4 Å². The Kier molecular flexibility index (Phi) is 5.23. The van der Waals surface area contributed by atoms with Crippen LogP contribution in [0.2, 0.25) is 0 Å². The molecule has 0 bridgehead atoms. The van der Waals surface area contributed by atoms with E-state index in [0.29, 0.717) is 5.56 Å². The Balaban J connectivity index is 1.45. The average molecular weight is 401 g/mol. The first-order valence-electron chi connectivity index (χ1n) is 8.71. The number of fused-ring (bicyclic) bond motifs is 1. The summed E-state index contributed by atoms with van der Waals surface area (Å²) in [7, 11) is 0. The van der Waals surface area contributed by atoms with Gasteiger partial charge in [0.05, 0.1) is 0 Å². The van der Waals surface area contributed by atoms with Crippen molar-refractivity contribution in [1.29, 1.82) is 0 Å². The normalized spacial score (nSPS) is 15.9. The summed E-state index contributed by atoms with van der Waals surface area (Å²) in [5, 5.41) is 3.77. The molecule has 0 unspecified atom stereocenters. The van der Waals surface area contributed by atoms with E-state index in [1.807, 2.05) is 18.2 Å². The third-order valence-corrected chi connectivity index (χ3v) is 6.14. The van der Waals surface area contributed by atoms with Crippen molar-refractivity contribution in [2.75, 3.05) is 29.1 Å². The molecule has 2 aliphatic rings. The van der Waals surface area contributed by atoms with Gasteiger partial charge < -0.3 is 10.2 Å². The van der Waals surface area contributed by atoms with Gasteiger partial charge in [0.2, 0.25) is 0 Å². The fourth-order valence-corrected chi connectivity index (χ4v) is 4.30. The SMILES string of the molecule is O=C(Nc1ccc2c(c1)CCN2CC1=CC=C(Cl)CS1)c1ccc(F)cc1. The summed E-state index contributed by atoms with van der Waals surface area (Å²) in [5.41, 5.74) is 3.62. The van der Waals surface area contributed by atoms with Crippen molar-refractivity contribution < 1.29 is 9.18 Å². The van der Waals surface area contributed by atoms with Crippen LogP contribution in [-0.4, -0.2) is 24.7 Å². The molecular weight excluding hydrogens is 383 g/mol. The molecule has 1 N–H and O–H groups in total. The molecule has 0 atom stereocenters. The van der Waals surface area contributed by atoms with Crippen LogP contribution in [0.25, 0.3) is 0 Å². The third kappa shape index (κ3) is 4.20. The van der Waals surface area contributed by atoms with Gasteiger partial charge in [0, 0.05) is 45.7 Å². The van der Waals surface area contributed by atoms with Crippen molar-refractivity contribution in [3.05, 3.63) is 81.5 Å². The molecule has 138 valence electrons. The molecule has 2 heterocycles. The molecule has 0 aliphatic carbocycles. The molecule has 27 heavy (non-hydrogen) atoms. The summed E-state index contributed by atoms with van der Waals surface area (Å²) in [6, 6.07) is 11.5. The second-order valence-electron chi connectivity index (χ2n) is 6.51. The number of amides is 1. The third-order valence-electron chi connectivity index (χ3n) is 4.63. The van der Waals surface area contributed by atoms with Crippen molar-refractivity contribution in [1.82, 2.24) is 0 Å². The van der Waals surface area contributed by atoms with E-state index >= 15 is 0 Å². The predicted molar refractivity (Wildman–Crippen MR) is 111 cm³/mol. The van der Waals surface area contributed by atoms with Crippen LogP contribution in [0.15, 0.2) is 64.6 Å². The molecule has 4 rings (SSSR count). The Hall–Kier alpha value is -2.24. The summed E-state index contributed by atoms with van der Waals surface area (Å²) in [5.74, 6) is 0.244. The molecule has 0 saturated heterocycles. The van der Waals surface area contributed by atoms with Gasteiger partial charge in [-0.3, -0.25) is 4.79 Å². The topological polar surface area (TPSA) is 32.3 Å². The zero-order chi connectivity index (χ0) is 18.8. The summed E-state index contributed by atoms with van der Waals surface area (Å²) in [4.78, 5) is 16.0.